The minimum atomic E-state index is -3.74. The van der Waals surface area contributed by atoms with E-state index in [2.05, 4.69) is 10.3 Å². The Kier molecular flexibility index (Phi) is 8.07. The Balaban J connectivity index is 1.64. The topological polar surface area (TPSA) is 84.3 Å². The molecule has 0 aliphatic carbocycles. The van der Waals surface area contributed by atoms with E-state index in [1.807, 2.05) is 55.5 Å². The molecule has 1 N–H and O–H groups in total. The Bertz CT molecular complexity index is 1420. The first kappa shape index (κ1) is 25.5. The zero-order valence-corrected chi connectivity index (χ0v) is 21.4. The molecule has 0 saturated carbocycles. The Labute approximate surface area is 216 Å². The summed E-state index contributed by atoms with van der Waals surface area (Å²) in [6.07, 6.45) is 1.54. The molecular weight excluding hydrogens is 496 g/mol. The summed E-state index contributed by atoms with van der Waals surface area (Å²) in [6.45, 7) is 2.77. The standard InChI is InChI=1S/C27H27ClN4O3S/c1-2-31(26(33)30-24-15-9-14-23(28)16-24)19-25-17-29-27(32(25)18-21-10-5-3-6-11-21)36(34,35)20-22-12-7-4-8-13-22/h3-17H,2,18-20H2,1H3,(H,30,33). The SMILES string of the molecule is CCN(Cc1cnc(S(=O)(=O)Cc2ccccc2)n1Cc1ccccc1)C(=O)Nc1cccc(Cl)c1. The van der Waals surface area contributed by atoms with Crippen molar-refractivity contribution in [1.29, 1.82) is 0 Å². The number of carbonyl (C=O) groups is 1. The van der Waals surface area contributed by atoms with Crippen LogP contribution in [0.25, 0.3) is 0 Å². The summed E-state index contributed by atoms with van der Waals surface area (Å²) in [5, 5.41) is 3.35. The fraction of sp³-hybridized carbons (Fsp3) is 0.185. The first-order valence-corrected chi connectivity index (χ1v) is 13.5. The molecule has 1 heterocycles. The molecule has 0 aliphatic rings. The second-order valence-electron chi connectivity index (χ2n) is 8.30. The van der Waals surface area contributed by atoms with Gasteiger partial charge in [0.05, 0.1) is 30.7 Å². The van der Waals surface area contributed by atoms with E-state index in [0.29, 0.717) is 35.1 Å². The van der Waals surface area contributed by atoms with Crippen LogP contribution in [0.2, 0.25) is 5.02 Å². The first-order valence-electron chi connectivity index (χ1n) is 11.5. The van der Waals surface area contributed by atoms with Crippen molar-refractivity contribution in [2.24, 2.45) is 0 Å². The number of anilines is 1. The lowest BCUT2D eigenvalue weighted by molar-refractivity contribution is 0.210. The van der Waals surface area contributed by atoms with Gasteiger partial charge in [0.25, 0.3) is 0 Å². The molecular formula is C27H27ClN4O3S. The number of rotatable bonds is 9. The number of aromatic nitrogens is 2. The van der Waals surface area contributed by atoms with Crippen LogP contribution >= 0.6 is 11.6 Å². The molecule has 7 nitrogen and oxygen atoms in total. The lowest BCUT2D eigenvalue weighted by Gasteiger charge is -2.22. The number of nitrogens with one attached hydrogen (secondary N) is 1. The Hall–Kier alpha value is -3.62. The molecule has 0 fully saturated rings. The third kappa shape index (κ3) is 6.33. The summed E-state index contributed by atoms with van der Waals surface area (Å²) in [4.78, 5) is 18.9. The van der Waals surface area contributed by atoms with Gasteiger partial charge in [-0.15, -0.1) is 0 Å². The fourth-order valence-electron chi connectivity index (χ4n) is 3.85. The van der Waals surface area contributed by atoms with Gasteiger partial charge in [-0.05, 0) is 36.2 Å². The highest BCUT2D eigenvalue weighted by Crippen LogP contribution is 2.21. The van der Waals surface area contributed by atoms with Crippen molar-refractivity contribution in [3.05, 3.63) is 113 Å². The number of hydrogen-bond acceptors (Lipinski definition) is 4. The van der Waals surface area contributed by atoms with E-state index >= 15 is 0 Å². The number of urea groups is 1. The number of benzene rings is 3. The molecule has 3 aromatic carbocycles. The molecule has 4 aromatic rings. The summed E-state index contributed by atoms with van der Waals surface area (Å²) in [5.74, 6) is -0.161. The summed E-state index contributed by atoms with van der Waals surface area (Å²) >= 11 is 6.04. The average Bonchev–Trinajstić information content (AvgIpc) is 3.26. The van der Waals surface area contributed by atoms with Gasteiger partial charge in [-0.2, -0.15) is 0 Å². The number of sulfone groups is 1. The van der Waals surface area contributed by atoms with Crippen molar-refractivity contribution in [3.8, 4) is 0 Å². The number of halogens is 1. The molecule has 4 rings (SSSR count). The lowest BCUT2D eigenvalue weighted by Crippen LogP contribution is -2.35. The molecule has 0 aliphatic heterocycles. The molecule has 0 radical (unpaired) electrons. The number of carbonyl (C=O) groups excluding carboxylic acids is 1. The van der Waals surface area contributed by atoms with E-state index < -0.39 is 9.84 Å². The monoisotopic (exact) mass is 522 g/mol. The minimum Gasteiger partial charge on any atom is -0.319 e. The second-order valence-corrected chi connectivity index (χ2v) is 10.6. The molecule has 2 amide bonds. The van der Waals surface area contributed by atoms with E-state index in [4.69, 9.17) is 11.6 Å². The average molecular weight is 523 g/mol. The zero-order valence-electron chi connectivity index (χ0n) is 19.8. The molecule has 0 saturated heterocycles. The molecule has 9 heteroatoms. The maximum absolute atomic E-state index is 13.4. The van der Waals surface area contributed by atoms with Gasteiger partial charge < -0.3 is 14.8 Å². The summed E-state index contributed by atoms with van der Waals surface area (Å²) in [6, 6.07) is 25.2. The number of imidazole rings is 1. The van der Waals surface area contributed by atoms with Gasteiger partial charge in [0, 0.05) is 17.3 Å². The molecule has 0 bridgehead atoms. The highest BCUT2D eigenvalue weighted by Gasteiger charge is 2.25. The van der Waals surface area contributed by atoms with Crippen LogP contribution < -0.4 is 5.32 Å². The van der Waals surface area contributed by atoms with Crippen LogP contribution in [0.1, 0.15) is 23.7 Å². The highest BCUT2D eigenvalue weighted by molar-refractivity contribution is 7.90. The molecule has 0 unspecified atom stereocenters. The lowest BCUT2D eigenvalue weighted by atomic mass is 10.2. The van der Waals surface area contributed by atoms with Gasteiger partial charge in [0.15, 0.2) is 0 Å². The predicted octanol–water partition coefficient (Wildman–Crippen LogP) is 5.61. The van der Waals surface area contributed by atoms with Crippen molar-refractivity contribution in [3.63, 3.8) is 0 Å². The molecule has 186 valence electrons. The predicted molar refractivity (Wildman–Crippen MR) is 142 cm³/mol. The Morgan fingerprint density at radius 1 is 0.972 bits per heavy atom. The molecule has 0 atom stereocenters. The molecule has 1 aromatic heterocycles. The zero-order chi connectivity index (χ0) is 25.5. The van der Waals surface area contributed by atoms with Crippen LogP contribution in [0.4, 0.5) is 10.5 Å². The fourth-order valence-corrected chi connectivity index (χ4v) is 5.53. The van der Waals surface area contributed by atoms with Crippen molar-refractivity contribution in [2.75, 3.05) is 11.9 Å². The van der Waals surface area contributed by atoms with Gasteiger partial charge in [0.2, 0.25) is 15.0 Å². The maximum atomic E-state index is 13.4. The van der Waals surface area contributed by atoms with Crippen LogP contribution in [-0.4, -0.2) is 35.4 Å². The Morgan fingerprint density at radius 2 is 1.64 bits per heavy atom. The van der Waals surface area contributed by atoms with Crippen molar-refractivity contribution in [1.82, 2.24) is 14.5 Å². The van der Waals surface area contributed by atoms with Crippen LogP contribution in [0.3, 0.4) is 0 Å². The number of amides is 2. The van der Waals surface area contributed by atoms with Crippen LogP contribution in [-0.2, 0) is 28.7 Å². The molecule has 0 spiro atoms. The van der Waals surface area contributed by atoms with E-state index in [9.17, 15) is 13.2 Å². The maximum Gasteiger partial charge on any atom is 0.322 e. The third-order valence-electron chi connectivity index (χ3n) is 5.66. The van der Waals surface area contributed by atoms with Gasteiger partial charge >= 0.3 is 6.03 Å². The summed E-state index contributed by atoms with van der Waals surface area (Å²) in [5.41, 5.74) is 2.81. The van der Waals surface area contributed by atoms with Crippen molar-refractivity contribution >= 4 is 33.2 Å². The van der Waals surface area contributed by atoms with Crippen LogP contribution in [0.5, 0.6) is 0 Å². The quantitative estimate of drug-likeness (QED) is 0.309. The largest absolute Gasteiger partial charge is 0.322 e. The van der Waals surface area contributed by atoms with Gasteiger partial charge in [-0.3, -0.25) is 0 Å². The summed E-state index contributed by atoms with van der Waals surface area (Å²) in [7, 11) is -3.74. The first-order chi connectivity index (χ1) is 17.4. The van der Waals surface area contributed by atoms with Crippen LogP contribution in [0, 0.1) is 0 Å². The highest BCUT2D eigenvalue weighted by atomic mass is 35.5. The van der Waals surface area contributed by atoms with Crippen molar-refractivity contribution < 1.29 is 13.2 Å². The van der Waals surface area contributed by atoms with E-state index in [1.165, 1.54) is 6.20 Å². The normalized spacial score (nSPS) is 11.3. The number of nitrogens with zero attached hydrogens (tertiary/aromatic N) is 3. The second kappa shape index (κ2) is 11.4. The van der Waals surface area contributed by atoms with Gasteiger partial charge in [-0.25, -0.2) is 18.2 Å². The molecule has 36 heavy (non-hydrogen) atoms. The van der Waals surface area contributed by atoms with Gasteiger partial charge in [0.1, 0.15) is 0 Å². The summed E-state index contributed by atoms with van der Waals surface area (Å²) < 4.78 is 28.5. The smallest absolute Gasteiger partial charge is 0.319 e. The third-order valence-corrected chi connectivity index (χ3v) is 7.49. The number of hydrogen-bond donors (Lipinski definition) is 1. The van der Waals surface area contributed by atoms with Gasteiger partial charge in [-0.1, -0.05) is 78.3 Å². The minimum absolute atomic E-state index is 0.0171. The van der Waals surface area contributed by atoms with E-state index in [0.717, 1.165) is 5.56 Å². The Morgan fingerprint density at radius 3 is 2.28 bits per heavy atom. The van der Waals surface area contributed by atoms with E-state index in [1.54, 1.807) is 45.9 Å². The van der Waals surface area contributed by atoms with Crippen LogP contribution in [0.15, 0.2) is 96.3 Å². The van der Waals surface area contributed by atoms with Crippen molar-refractivity contribution in [2.45, 2.75) is 30.9 Å². The van der Waals surface area contributed by atoms with E-state index in [-0.39, 0.29) is 23.5 Å².